The van der Waals surface area contributed by atoms with Crippen molar-refractivity contribution in [3.63, 3.8) is 0 Å². The molecular formula is C16H17ClN4O. The first-order valence-electron chi connectivity index (χ1n) is 6.93. The monoisotopic (exact) mass is 316 g/mol. The fourth-order valence-electron chi connectivity index (χ4n) is 2.08. The molecule has 0 saturated carbocycles. The highest BCUT2D eigenvalue weighted by atomic mass is 35.5. The minimum Gasteiger partial charge on any atom is -0.331 e. The normalized spacial score (nSPS) is 12.0. The van der Waals surface area contributed by atoms with Crippen molar-refractivity contribution in [1.29, 1.82) is 5.26 Å². The van der Waals surface area contributed by atoms with Gasteiger partial charge in [0.2, 0.25) is 0 Å². The number of benzene rings is 1. The number of rotatable bonds is 4. The summed E-state index contributed by atoms with van der Waals surface area (Å²) in [6.45, 7) is 4.01. The van der Waals surface area contributed by atoms with Crippen LogP contribution in [0.15, 0.2) is 30.3 Å². The predicted octanol–water partition coefficient (Wildman–Crippen LogP) is 3.19. The first-order valence-corrected chi connectivity index (χ1v) is 7.30. The van der Waals surface area contributed by atoms with E-state index in [0.29, 0.717) is 16.3 Å². The van der Waals surface area contributed by atoms with Gasteiger partial charge in [0, 0.05) is 17.6 Å². The van der Waals surface area contributed by atoms with Gasteiger partial charge >= 0.3 is 0 Å². The number of nitriles is 1. The van der Waals surface area contributed by atoms with Gasteiger partial charge in [0.1, 0.15) is 11.7 Å². The summed E-state index contributed by atoms with van der Waals surface area (Å²) in [4.78, 5) is 12.4. The summed E-state index contributed by atoms with van der Waals surface area (Å²) in [5.74, 6) is -0.128. The van der Waals surface area contributed by atoms with Crippen LogP contribution >= 0.6 is 11.6 Å². The highest BCUT2D eigenvalue weighted by Crippen LogP contribution is 2.22. The molecule has 1 atom stereocenters. The van der Waals surface area contributed by atoms with E-state index in [0.717, 1.165) is 5.69 Å². The molecule has 22 heavy (non-hydrogen) atoms. The molecular weight excluding hydrogens is 300 g/mol. The molecule has 6 heteroatoms. The van der Waals surface area contributed by atoms with E-state index in [4.69, 9.17) is 11.6 Å². The molecule has 0 aliphatic heterocycles. The molecule has 0 spiro atoms. The van der Waals surface area contributed by atoms with Gasteiger partial charge in [0.25, 0.3) is 5.91 Å². The molecule has 0 aliphatic rings. The number of aromatic nitrogens is 2. The molecule has 5 nitrogen and oxygen atoms in total. The number of halogens is 1. The van der Waals surface area contributed by atoms with Crippen molar-refractivity contribution in [3.05, 3.63) is 52.3 Å². The minimum absolute atomic E-state index is 0.225. The summed E-state index contributed by atoms with van der Waals surface area (Å²) < 4.78 is 1.52. The zero-order chi connectivity index (χ0) is 16.3. The topological polar surface area (TPSA) is 70.7 Å². The summed E-state index contributed by atoms with van der Waals surface area (Å²) >= 11 is 6.08. The molecule has 0 unspecified atom stereocenters. The van der Waals surface area contributed by atoms with Crippen LogP contribution in [0.2, 0.25) is 5.02 Å². The van der Waals surface area contributed by atoms with Gasteiger partial charge in [-0.1, -0.05) is 43.6 Å². The Kier molecular flexibility index (Phi) is 4.84. The molecule has 0 fully saturated rings. The van der Waals surface area contributed by atoms with Gasteiger partial charge in [-0.2, -0.15) is 10.4 Å². The van der Waals surface area contributed by atoms with E-state index in [1.165, 1.54) is 4.68 Å². The maximum absolute atomic E-state index is 12.4. The van der Waals surface area contributed by atoms with Gasteiger partial charge in [-0.25, -0.2) is 0 Å². The average molecular weight is 317 g/mol. The average Bonchev–Trinajstić information content (AvgIpc) is 2.88. The number of hydrogen-bond acceptors (Lipinski definition) is 3. The van der Waals surface area contributed by atoms with Gasteiger partial charge in [-0.15, -0.1) is 0 Å². The SMILES string of the molecule is CC(C)c1cc(C(=O)N[C@H](C#N)c2ccccc2Cl)n(C)n1. The second-order valence-corrected chi connectivity index (χ2v) is 5.70. The Morgan fingerprint density at radius 1 is 1.41 bits per heavy atom. The van der Waals surface area contributed by atoms with Crippen molar-refractivity contribution < 1.29 is 4.79 Å². The number of amides is 1. The Bertz CT molecular complexity index is 730. The summed E-state index contributed by atoms with van der Waals surface area (Å²) in [5, 5.41) is 16.8. The predicted molar refractivity (Wildman–Crippen MR) is 84.6 cm³/mol. The van der Waals surface area contributed by atoms with E-state index in [-0.39, 0.29) is 11.8 Å². The Balaban J connectivity index is 2.24. The van der Waals surface area contributed by atoms with Crippen LogP contribution in [0.1, 0.15) is 47.6 Å². The highest BCUT2D eigenvalue weighted by Gasteiger charge is 2.20. The van der Waals surface area contributed by atoms with Crippen LogP contribution in [0.25, 0.3) is 0 Å². The second kappa shape index (κ2) is 6.63. The molecule has 114 valence electrons. The Hall–Kier alpha value is -2.32. The molecule has 1 amide bonds. The third-order valence-electron chi connectivity index (χ3n) is 3.34. The second-order valence-electron chi connectivity index (χ2n) is 5.29. The van der Waals surface area contributed by atoms with Crippen molar-refractivity contribution in [1.82, 2.24) is 15.1 Å². The number of carbonyl (C=O) groups is 1. The minimum atomic E-state index is -0.807. The summed E-state index contributed by atoms with van der Waals surface area (Å²) in [7, 11) is 1.71. The van der Waals surface area contributed by atoms with E-state index >= 15 is 0 Å². The van der Waals surface area contributed by atoms with E-state index in [9.17, 15) is 10.1 Å². The van der Waals surface area contributed by atoms with Gasteiger partial charge in [0.05, 0.1) is 11.8 Å². The van der Waals surface area contributed by atoms with Gasteiger partial charge < -0.3 is 5.32 Å². The van der Waals surface area contributed by atoms with Crippen LogP contribution in [0, 0.1) is 11.3 Å². The number of nitrogens with one attached hydrogen (secondary N) is 1. The molecule has 2 aromatic rings. The van der Waals surface area contributed by atoms with Crippen molar-refractivity contribution in [3.8, 4) is 6.07 Å². The zero-order valence-corrected chi connectivity index (χ0v) is 13.4. The quantitative estimate of drug-likeness (QED) is 0.941. The van der Waals surface area contributed by atoms with Crippen molar-refractivity contribution in [2.24, 2.45) is 7.05 Å². The highest BCUT2D eigenvalue weighted by molar-refractivity contribution is 6.31. The standard InChI is InChI=1S/C16H17ClN4O/c1-10(2)13-8-15(21(3)20-13)16(22)19-14(9-18)11-6-4-5-7-12(11)17/h4-8,10,14H,1-3H3,(H,19,22)/t14-/m1/s1. The largest absolute Gasteiger partial charge is 0.331 e. The van der Waals surface area contributed by atoms with Gasteiger partial charge in [-0.05, 0) is 18.1 Å². The van der Waals surface area contributed by atoms with Crippen LogP contribution in [0.3, 0.4) is 0 Å². The third-order valence-corrected chi connectivity index (χ3v) is 3.69. The van der Waals surface area contributed by atoms with Crippen molar-refractivity contribution in [2.75, 3.05) is 0 Å². The molecule has 1 aromatic heterocycles. The van der Waals surface area contributed by atoms with E-state index in [1.54, 1.807) is 37.4 Å². The van der Waals surface area contributed by atoms with Crippen molar-refractivity contribution in [2.45, 2.75) is 25.8 Å². The van der Waals surface area contributed by atoms with Gasteiger partial charge in [-0.3, -0.25) is 9.48 Å². The number of hydrogen-bond donors (Lipinski definition) is 1. The molecule has 2 rings (SSSR count). The molecule has 1 aromatic carbocycles. The zero-order valence-electron chi connectivity index (χ0n) is 12.7. The Labute approximate surface area is 134 Å². The Morgan fingerprint density at radius 2 is 2.09 bits per heavy atom. The first-order chi connectivity index (χ1) is 10.4. The number of carbonyl (C=O) groups excluding carboxylic acids is 1. The lowest BCUT2D eigenvalue weighted by Crippen LogP contribution is -2.29. The number of nitrogens with zero attached hydrogens (tertiary/aromatic N) is 3. The summed E-state index contributed by atoms with van der Waals surface area (Å²) in [6, 6.07) is 9.96. The van der Waals surface area contributed by atoms with E-state index < -0.39 is 6.04 Å². The van der Waals surface area contributed by atoms with E-state index in [1.807, 2.05) is 13.8 Å². The number of aryl methyl sites for hydroxylation is 1. The fraction of sp³-hybridized carbons (Fsp3) is 0.312. The van der Waals surface area contributed by atoms with Crippen LogP contribution in [-0.2, 0) is 7.05 Å². The maximum Gasteiger partial charge on any atom is 0.270 e. The Morgan fingerprint density at radius 3 is 2.64 bits per heavy atom. The van der Waals surface area contributed by atoms with Crippen molar-refractivity contribution >= 4 is 17.5 Å². The lowest BCUT2D eigenvalue weighted by atomic mass is 10.1. The van der Waals surface area contributed by atoms with Crippen LogP contribution in [0.4, 0.5) is 0 Å². The lowest BCUT2D eigenvalue weighted by Gasteiger charge is -2.13. The molecule has 1 heterocycles. The molecule has 0 radical (unpaired) electrons. The summed E-state index contributed by atoms with van der Waals surface area (Å²) in [6.07, 6.45) is 0. The third kappa shape index (κ3) is 3.29. The van der Waals surface area contributed by atoms with E-state index in [2.05, 4.69) is 16.5 Å². The van der Waals surface area contributed by atoms with Crippen LogP contribution in [0.5, 0.6) is 0 Å². The summed E-state index contributed by atoms with van der Waals surface area (Å²) in [5.41, 5.74) is 1.82. The molecule has 0 saturated heterocycles. The smallest absolute Gasteiger partial charge is 0.270 e. The van der Waals surface area contributed by atoms with Gasteiger partial charge in [0.15, 0.2) is 0 Å². The molecule has 0 aliphatic carbocycles. The maximum atomic E-state index is 12.4. The molecule has 0 bridgehead atoms. The molecule has 1 N–H and O–H groups in total. The van der Waals surface area contributed by atoms with Crippen LogP contribution in [-0.4, -0.2) is 15.7 Å². The first kappa shape index (κ1) is 16.1. The fourth-order valence-corrected chi connectivity index (χ4v) is 2.32. The van der Waals surface area contributed by atoms with Crippen LogP contribution < -0.4 is 5.32 Å². The lowest BCUT2D eigenvalue weighted by molar-refractivity contribution is 0.0935.